The Morgan fingerprint density at radius 2 is 1.74 bits per heavy atom. The highest BCUT2D eigenvalue weighted by Crippen LogP contribution is 2.22. The molecule has 0 aromatic heterocycles. The Bertz CT molecular complexity index is 525. The van der Waals surface area contributed by atoms with E-state index >= 15 is 0 Å². The monoisotopic (exact) mass is 256 g/mol. The maximum absolute atomic E-state index is 11.2. The van der Waals surface area contributed by atoms with Crippen molar-refractivity contribution in [2.75, 3.05) is 0 Å². The van der Waals surface area contributed by atoms with Crippen LogP contribution in [-0.2, 0) is 24.1 Å². The van der Waals surface area contributed by atoms with Gasteiger partial charge in [0.05, 0.1) is 0 Å². The van der Waals surface area contributed by atoms with Gasteiger partial charge in [0.1, 0.15) is 11.6 Å². The van der Waals surface area contributed by atoms with Crippen molar-refractivity contribution in [3.05, 3.63) is 40.0 Å². The molecule has 0 spiro atoms. The van der Waals surface area contributed by atoms with Crippen LogP contribution in [0.4, 0.5) is 0 Å². The number of nitrogens with two attached hydrogens (primary N) is 1. The molecule has 0 aliphatic rings. The standard InChI is InChI=1S/C16H20N2O/c1-4-11-7-12(5-2)15(13(6-3)8-11)9-14(10-17)16(18)19/h7-9H,4-6H2,1-3H3,(H2,18,19)/b14-9-. The number of hydrogen-bond acceptors (Lipinski definition) is 2. The lowest BCUT2D eigenvalue weighted by molar-refractivity contribution is -0.114. The molecule has 1 amide bonds. The number of rotatable bonds is 5. The fourth-order valence-electron chi connectivity index (χ4n) is 2.13. The number of amides is 1. The smallest absolute Gasteiger partial charge is 0.259 e. The minimum atomic E-state index is -0.675. The topological polar surface area (TPSA) is 66.9 Å². The van der Waals surface area contributed by atoms with Crippen LogP contribution >= 0.6 is 0 Å². The van der Waals surface area contributed by atoms with E-state index in [2.05, 4.69) is 32.9 Å². The minimum Gasteiger partial charge on any atom is -0.365 e. The van der Waals surface area contributed by atoms with Gasteiger partial charge < -0.3 is 5.73 Å². The molecule has 3 nitrogen and oxygen atoms in total. The lowest BCUT2D eigenvalue weighted by Gasteiger charge is -2.12. The summed E-state index contributed by atoms with van der Waals surface area (Å²) in [5, 5.41) is 8.97. The molecule has 0 aliphatic carbocycles. The summed E-state index contributed by atoms with van der Waals surface area (Å²) in [4.78, 5) is 11.2. The highest BCUT2D eigenvalue weighted by atomic mass is 16.1. The lowest BCUT2D eigenvalue weighted by Crippen LogP contribution is -2.13. The molecule has 0 heterocycles. The molecule has 0 saturated heterocycles. The molecule has 1 aromatic rings. The third-order valence-corrected chi connectivity index (χ3v) is 3.26. The van der Waals surface area contributed by atoms with Crippen LogP contribution in [0.1, 0.15) is 43.0 Å². The molecule has 3 heteroatoms. The summed E-state index contributed by atoms with van der Waals surface area (Å²) in [6.45, 7) is 6.26. The molecule has 1 rings (SSSR count). The molecule has 19 heavy (non-hydrogen) atoms. The van der Waals surface area contributed by atoms with Gasteiger partial charge in [0, 0.05) is 0 Å². The van der Waals surface area contributed by atoms with Crippen molar-refractivity contribution in [2.24, 2.45) is 5.73 Å². The van der Waals surface area contributed by atoms with E-state index in [9.17, 15) is 4.79 Å². The Morgan fingerprint density at radius 1 is 1.21 bits per heavy atom. The average Bonchev–Trinajstić information content (AvgIpc) is 2.43. The number of primary amides is 1. The first kappa shape index (κ1) is 15.0. The van der Waals surface area contributed by atoms with Crippen molar-refractivity contribution in [2.45, 2.75) is 40.0 Å². The van der Waals surface area contributed by atoms with Gasteiger partial charge in [0.25, 0.3) is 5.91 Å². The van der Waals surface area contributed by atoms with Crippen LogP contribution in [0.25, 0.3) is 6.08 Å². The van der Waals surface area contributed by atoms with Gasteiger partial charge in [-0.3, -0.25) is 4.79 Å². The molecule has 1 aromatic carbocycles. The second kappa shape index (κ2) is 6.75. The summed E-state index contributed by atoms with van der Waals surface area (Å²) in [6, 6.07) is 6.15. The van der Waals surface area contributed by atoms with Crippen molar-refractivity contribution < 1.29 is 4.79 Å². The SMILES string of the molecule is CCc1cc(CC)c(/C=C(/C#N)C(N)=O)c(CC)c1. The Labute approximate surface area is 114 Å². The number of benzene rings is 1. The second-order valence-electron chi connectivity index (χ2n) is 4.42. The van der Waals surface area contributed by atoms with E-state index in [4.69, 9.17) is 11.0 Å². The van der Waals surface area contributed by atoms with E-state index in [1.807, 2.05) is 6.07 Å². The van der Waals surface area contributed by atoms with Crippen molar-refractivity contribution >= 4 is 12.0 Å². The average molecular weight is 256 g/mol. The van der Waals surface area contributed by atoms with Gasteiger partial charge in [-0.05, 0) is 47.6 Å². The zero-order chi connectivity index (χ0) is 14.4. The Hall–Kier alpha value is -2.08. The van der Waals surface area contributed by atoms with E-state index in [0.717, 1.165) is 36.0 Å². The van der Waals surface area contributed by atoms with Crippen molar-refractivity contribution in [1.29, 1.82) is 5.26 Å². The van der Waals surface area contributed by atoms with Gasteiger partial charge in [-0.15, -0.1) is 0 Å². The van der Waals surface area contributed by atoms with Crippen LogP contribution in [0, 0.1) is 11.3 Å². The summed E-state index contributed by atoms with van der Waals surface area (Å²) >= 11 is 0. The summed E-state index contributed by atoms with van der Waals surface area (Å²) in [5.74, 6) is -0.675. The molecule has 0 bridgehead atoms. The lowest BCUT2D eigenvalue weighted by atomic mass is 9.92. The van der Waals surface area contributed by atoms with Crippen LogP contribution < -0.4 is 5.73 Å². The molecule has 0 saturated carbocycles. The van der Waals surface area contributed by atoms with Gasteiger partial charge in [0.2, 0.25) is 0 Å². The number of carbonyl (C=O) groups is 1. The molecule has 2 N–H and O–H groups in total. The first-order valence-corrected chi connectivity index (χ1v) is 6.63. The normalized spacial score (nSPS) is 11.2. The minimum absolute atomic E-state index is 0.00801. The van der Waals surface area contributed by atoms with Gasteiger partial charge in [-0.2, -0.15) is 5.26 Å². The van der Waals surface area contributed by atoms with E-state index < -0.39 is 5.91 Å². The quantitative estimate of drug-likeness (QED) is 0.650. The summed E-state index contributed by atoms with van der Waals surface area (Å²) in [5.41, 5.74) is 9.78. The number of nitriles is 1. The van der Waals surface area contributed by atoms with E-state index in [-0.39, 0.29) is 5.57 Å². The van der Waals surface area contributed by atoms with Crippen molar-refractivity contribution in [1.82, 2.24) is 0 Å². The highest BCUT2D eigenvalue weighted by molar-refractivity contribution is 6.00. The first-order valence-electron chi connectivity index (χ1n) is 6.63. The molecule has 0 aliphatic heterocycles. The first-order chi connectivity index (χ1) is 9.07. The maximum Gasteiger partial charge on any atom is 0.259 e. The number of aryl methyl sites for hydroxylation is 3. The Balaban J connectivity index is 3.49. The van der Waals surface area contributed by atoms with Crippen molar-refractivity contribution in [3.8, 4) is 6.07 Å². The third-order valence-electron chi connectivity index (χ3n) is 3.26. The van der Waals surface area contributed by atoms with Crippen LogP contribution in [-0.4, -0.2) is 5.91 Å². The maximum atomic E-state index is 11.2. The summed E-state index contributed by atoms with van der Waals surface area (Å²) in [7, 11) is 0. The number of hydrogen-bond donors (Lipinski definition) is 1. The van der Waals surface area contributed by atoms with E-state index in [0.29, 0.717) is 0 Å². The van der Waals surface area contributed by atoms with Crippen LogP contribution in [0.15, 0.2) is 17.7 Å². The molecule has 0 fully saturated rings. The zero-order valence-corrected chi connectivity index (χ0v) is 11.8. The largest absolute Gasteiger partial charge is 0.365 e. The fraction of sp³-hybridized carbons (Fsp3) is 0.375. The second-order valence-corrected chi connectivity index (χ2v) is 4.42. The Morgan fingerprint density at radius 3 is 2.05 bits per heavy atom. The predicted molar refractivity (Wildman–Crippen MR) is 77.4 cm³/mol. The van der Waals surface area contributed by atoms with E-state index in [1.165, 1.54) is 5.56 Å². The number of carbonyl (C=O) groups excluding carboxylic acids is 1. The van der Waals surface area contributed by atoms with Crippen LogP contribution in [0.3, 0.4) is 0 Å². The third kappa shape index (κ3) is 3.45. The highest BCUT2D eigenvalue weighted by Gasteiger charge is 2.10. The fourth-order valence-corrected chi connectivity index (χ4v) is 2.13. The predicted octanol–water partition coefficient (Wildman–Crippen LogP) is 2.77. The van der Waals surface area contributed by atoms with Gasteiger partial charge in [-0.1, -0.05) is 32.9 Å². The molecule has 0 unspecified atom stereocenters. The Kier molecular flexibility index (Phi) is 5.32. The molecular weight excluding hydrogens is 236 g/mol. The molecule has 0 radical (unpaired) electrons. The summed E-state index contributed by atoms with van der Waals surface area (Å²) < 4.78 is 0. The number of nitrogens with zero attached hydrogens (tertiary/aromatic N) is 1. The van der Waals surface area contributed by atoms with Crippen molar-refractivity contribution in [3.63, 3.8) is 0 Å². The molecular formula is C16H20N2O. The zero-order valence-electron chi connectivity index (χ0n) is 11.8. The molecule has 100 valence electrons. The van der Waals surface area contributed by atoms with E-state index in [1.54, 1.807) is 6.08 Å². The van der Waals surface area contributed by atoms with Crippen LogP contribution in [0.5, 0.6) is 0 Å². The van der Waals surface area contributed by atoms with Gasteiger partial charge in [-0.25, -0.2) is 0 Å². The van der Waals surface area contributed by atoms with Crippen LogP contribution in [0.2, 0.25) is 0 Å². The van der Waals surface area contributed by atoms with Gasteiger partial charge in [0.15, 0.2) is 0 Å². The molecule has 0 atom stereocenters. The van der Waals surface area contributed by atoms with Gasteiger partial charge >= 0.3 is 0 Å². The summed E-state index contributed by atoms with van der Waals surface area (Å²) in [6.07, 6.45) is 4.33.